The van der Waals surface area contributed by atoms with Gasteiger partial charge in [0.05, 0.1) is 23.9 Å². The fourth-order valence-electron chi connectivity index (χ4n) is 5.83. The molecule has 2 aliphatic heterocycles. The molecule has 4 atom stereocenters. The normalized spacial score (nSPS) is 24.8. The van der Waals surface area contributed by atoms with Crippen molar-refractivity contribution in [2.45, 2.75) is 50.7 Å². The second-order valence-corrected chi connectivity index (χ2v) is 9.73. The van der Waals surface area contributed by atoms with Gasteiger partial charge in [-0.3, -0.25) is 4.68 Å². The highest BCUT2D eigenvalue weighted by Gasteiger charge is 2.36. The molecule has 0 amide bonds. The van der Waals surface area contributed by atoms with Gasteiger partial charge in [-0.15, -0.1) is 10.2 Å². The van der Waals surface area contributed by atoms with E-state index >= 15 is 0 Å². The average Bonchev–Trinajstić information content (AvgIpc) is 3.55. The van der Waals surface area contributed by atoms with Crippen LogP contribution in [0, 0.1) is 5.92 Å². The van der Waals surface area contributed by atoms with Crippen LogP contribution in [0.4, 0.5) is 5.82 Å². The molecule has 3 aromatic heterocycles. The van der Waals surface area contributed by atoms with Gasteiger partial charge < -0.3 is 15.2 Å². The Morgan fingerprint density at radius 2 is 1.88 bits per heavy atom. The smallest absolute Gasteiger partial charge is 0.151 e. The Balaban J connectivity index is 0.00000241. The summed E-state index contributed by atoms with van der Waals surface area (Å²) in [6.45, 7) is 2.38. The van der Waals surface area contributed by atoms with Crippen LogP contribution >= 0.6 is 0 Å². The molecule has 33 heavy (non-hydrogen) atoms. The molecular weight excluding hydrogens is 412 g/mol. The van der Waals surface area contributed by atoms with Crippen LogP contribution in [-0.2, 0) is 7.05 Å². The van der Waals surface area contributed by atoms with Gasteiger partial charge in [-0.2, -0.15) is 5.10 Å². The van der Waals surface area contributed by atoms with Gasteiger partial charge in [0.1, 0.15) is 5.52 Å². The van der Waals surface area contributed by atoms with Gasteiger partial charge in [0.15, 0.2) is 5.82 Å². The fourth-order valence-corrected chi connectivity index (χ4v) is 5.83. The number of H-pyrrole nitrogens is 1. The quantitative estimate of drug-likeness (QED) is 0.494. The Morgan fingerprint density at radius 1 is 1.06 bits per heavy atom. The Kier molecular flexibility index (Phi) is 4.90. The lowest BCUT2D eigenvalue weighted by Crippen LogP contribution is -2.40. The highest BCUT2D eigenvalue weighted by molar-refractivity contribution is 6.01. The van der Waals surface area contributed by atoms with Crippen LogP contribution in [0.15, 0.2) is 43.0 Å². The van der Waals surface area contributed by atoms with Crippen molar-refractivity contribution in [3.8, 4) is 22.5 Å². The lowest BCUT2D eigenvalue weighted by molar-refractivity contribution is 0.367. The fraction of sp³-hybridized carbons (Fsp3) is 0.440. The number of benzene rings is 1. The summed E-state index contributed by atoms with van der Waals surface area (Å²) in [5, 5.41) is 18.9. The number of fused-ring (bicyclic) bond motifs is 3. The number of imidazole rings is 1. The van der Waals surface area contributed by atoms with Crippen molar-refractivity contribution in [1.29, 1.82) is 0 Å². The Hall–Kier alpha value is -3.26. The molecule has 0 aliphatic carbocycles. The van der Waals surface area contributed by atoms with E-state index in [4.69, 9.17) is 5.10 Å². The van der Waals surface area contributed by atoms with Crippen LogP contribution < -0.4 is 10.2 Å². The topological polar surface area (TPSA) is 87.6 Å². The van der Waals surface area contributed by atoms with Crippen molar-refractivity contribution >= 4 is 16.7 Å². The van der Waals surface area contributed by atoms with Crippen LogP contribution in [0.5, 0.6) is 0 Å². The largest absolute Gasteiger partial charge is 0.355 e. The summed E-state index contributed by atoms with van der Waals surface area (Å²) in [5.74, 6) is 1.56. The number of nitrogens with zero attached hydrogens (tertiary/aromatic N) is 6. The van der Waals surface area contributed by atoms with Crippen LogP contribution in [0.3, 0.4) is 0 Å². The Labute approximate surface area is 194 Å². The van der Waals surface area contributed by atoms with Crippen LogP contribution in [0.1, 0.15) is 34.0 Å². The van der Waals surface area contributed by atoms with E-state index in [0.717, 1.165) is 39.2 Å². The first-order chi connectivity index (χ1) is 16.1. The lowest BCUT2D eigenvalue weighted by atomic mass is 9.87. The molecule has 4 aromatic rings. The van der Waals surface area contributed by atoms with E-state index < -0.39 is 0 Å². The lowest BCUT2D eigenvalue weighted by Gasteiger charge is -2.34. The van der Waals surface area contributed by atoms with Gasteiger partial charge in [-0.1, -0.05) is 13.0 Å². The molecular formula is C25H32N8. The first-order valence-corrected chi connectivity index (χ1v) is 11.8. The summed E-state index contributed by atoms with van der Waals surface area (Å²) >= 11 is 0. The van der Waals surface area contributed by atoms with Crippen LogP contribution in [-0.4, -0.2) is 55.1 Å². The average molecular weight is 445 g/mol. The van der Waals surface area contributed by atoms with Crippen molar-refractivity contribution in [2.24, 2.45) is 13.0 Å². The SMILES string of the molecule is CC1C[C@@H]2CC[C@H](C[C@H]1N(C)c1ccc(-c3ccc(-c4cnc[nH]4)c4nn(C)cc34)nn1)N2.[HH]. The standard InChI is InChI=1S/C25H30N8.H2/c1-15-10-16-4-5-17(28-16)11-23(15)33(3)24-9-8-21(29-30-24)18-6-7-19(22-12-26-14-27-22)25-20(18)13-32(2)31-25;/h6-9,12-17,23,28H,4-5,10-11H2,1-3H3,(H,26,27);1H/t15?,16-,17+,23+;/m0./s1. The molecule has 1 unspecified atom stereocenters. The van der Waals surface area contributed by atoms with E-state index in [1.54, 1.807) is 6.33 Å². The van der Waals surface area contributed by atoms with Crippen LogP contribution in [0.25, 0.3) is 33.4 Å². The van der Waals surface area contributed by atoms with E-state index in [-0.39, 0.29) is 1.43 Å². The molecule has 2 fully saturated rings. The zero-order valence-electron chi connectivity index (χ0n) is 19.4. The second kappa shape index (κ2) is 7.95. The summed E-state index contributed by atoms with van der Waals surface area (Å²) in [6, 6.07) is 10.2. The molecule has 1 aromatic carbocycles. The summed E-state index contributed by atoms with van der Waals surface area (Å²) in [6.07, 6.45) is 10.6. The number of anilines is 1. The van der Waals surface area contributed by atoms with Gasteiger partial charge in [-0.25, -0.2) is 4.98 Å². The van der Waals surface area contributed by atoms with Crippen molar-refractivity contribution in [1.82, 2.24) is 35.3 Å². The molecule has 5 heterocycles. The number of rotatable bonds is 4. The van der Waals surface area contributed by atoms with E-state index in [0.29, 0.717) is 24.0 Å². The minimum Gasteiger partial charge on any atom is -0.355 e. The monoisotopic (exact) mass is 444 g/mol. The minimum absolute atomic E-state index is 0. The molecule has 8 heteroatoms. The maximum absolute atomic E-state index is 4.70. The Bertz CT molecular complexity index is 1270. The van der Waals surface area contributed by atoms with Gasteiger partial charge in [0, 0.05) is 56.4 Å². The Morgan fingerprint density at radius 3 is 2.64 bits per heavy atom. The third kappa shape index (κ3) is 3.58. The number of hydrogen-bond acceptors (Lipinski definition) is 6. The third-order valence-electron chi connectivity index (χ3n) is 7.54. The van der Waals surface area contributed by atoms with E-state index in [1.165, 1.54) is 25.7 Å². The highest BCUT2D eigenvalue weighted by Crippen LogP contribution is 2.35. The van der Waals surface area contributed by atoms with Gasteiger partial charge in [0.2, 0.25) is 0 Å². The van der Waals surface area contributed by atoms with Crippen molar-refractivity contribution in [3.63, 3.8) is 0 Å². The molecule has 0 radical (unpaired) electrons. The van der Waals surface area contributed by atoms with E-state index in [9.17, 15) is 0 Å². The molecule has 8 nitrogen and oxygen atoms in total. The van der Waals surface area contributed by atoms with E-state index in [1.807, 2.05) is 24.1 Å². The molecule has 172 valence electrons. The number of nitrogens with one attached hydrogen (secondary N) is 2. The van der Waals surface area contributed by atoms with Gasteiger partial charge in [0.25, 0.3) is 0 Å². The zero-order valence-corrected chi connectivity index (χ0v) is 19.4. The summed E-state index contributed by atoms with van der Waals surface area (Å²) < 4.78 is 1.85. The van der Waals surface area contributed by atoms with Gasteiger partial charge >= 0.3 is 0 Å². The predicted molar refractivity (Wildman–Crippen MR) is 132 cm³/mol. The number of aryl methyl sites for hydroxylation is 1. The van der Waals surface area contributed by atoms with Crippen molar-refractivity contribution < 1.29 is 1.43 Å². The summed E-state index contributed by atoms with van der Waals surface area (Å²) in [4.78, 5) is 9.68. The molecule has 2 bridgehead atoms. The van der Waals surface area contributed by atoms with E-state index in [2.05, 4.69) is 68.6 Å². The van der Waals surface area contributed by atoms with Crippen molar-refractivity contribution in [3.05, 3.63) is 43.0 Å². The first-order valence-electron chi connectivity index (χ1n) is 11.8. The summed E-state index contributed by atoms with van der Waals surface area (Å²) in [5.41, 5.74) is 4.80. The van der Waals surface area contributed by atoms with Gasteiger partial charge in [-0.05, 0) is 49.8 Å². The third-order valence-corrected chi connectivity index (χ3v) is 7.54. The maximum Gasteiger partial charge on any atom is 0.151 e. The van der Waals surface area contributed by atoms with Crippen LogP contribution in [0.2, 0.25) is 0 Å². The highest BCUT2D eigenvalue weighted by atomic mass is 15.3. The molecule has 6 rings (SSSR count). The minimum atomic E-state index is 0. The molecule has 2 aliphatic rings. The molecule has 0 spiro atoms. The molecule has 2 N–H and O–H groups in total. The summed E-state index contributed by atoms with van der Waals surface area (Å²) in [7, 11) is 4.11. The number of aromatic nitrogens is 6. The number of hydrogen-bond donors (Lipinski definition) is 2. The predicted octanol–water partition coefficient (Wildman–Crippen LogP) is 4.02. The zero-order chi connectivity index (χ0) is 22.5. The van der Waals surface area contributed by atoms with Crippen molar-refractivity contribution in [2.75, 3.05) is 11.9 Å². The first kappa shape index (κ1) is 20.4. The number of aromatic amines is 1. The molecule has 0 saturated carbocycles. The molecule has 2 saturated heterocycles. The second-order valence-electron chi connectivity index (χ2n) is 9.73. The maximum atomic E-state index is 4.70.